The van der Waals surface area contributed by atoms with Crippen LogP contribution in [0.3, 0.4) is 0 Å². The van der Waals surface area contributed by atoms with Crippen LogP contribution in [0.15, 0.2) is 29.3 Å². The van der Waals surface area contributed by atoms with Gasteiger partial charge in [-0.25, -0.2) is 0 Å². The van der Waals surface area contributed by atoms with Gasteiger partial charge in [0.25, 0.3) is 0 Å². The van der Waals surface area contributed by atoms with E-state index in [1.54, 1.807) is 0 Å². The van der Waals surface area contributed by atoms with Crippen LogP contribution in [0.5, 0.6) is 0 Å². The van der Waals surface area contributed by atoms with E-state index in [1.165, 1.54) is 44.5 Å². The first kappa shape index (κ1) is 15.8. The summed E-state index contributed by atoms with van der Waals surface area (Å²) in [5.74, 6) is 0. The molecule has 1 heterocycles. The zero-order valence-electron chi connectivity index (χ0n) is 15.0. The predicted molar refractivity (Wildman–Crippen MR) is 98.4 cm³/mol. The summed E-state index contributed by atoms with van der Waals surface area (Å²) in [6.07, 6.45) is 1.88. The highest BCUT2D eigenvalue weighted by Gasteiger charge is 2.31. The van der Waals surface area contributed by atoms with E-state index in [0.717, 1.165) is 0 Å². The highest BCUT2D eigenvalue weighted by molar-refractivity contribution is 5.62. The van der Waals surface area contributed by atoms with E-state index in [2.05, 4.69) is 71.1 Å². The van der Waals surface area contributed by atoms with E-state index in [0.29, 0.717) is 0 Å². The average molecular weight is 306 g/mol. The standard InChI is InChI=1S/C21H26N2/c1-12-7-14(3)18(15(4)8-12)20-21(23-11-22-20)19-16(5)9-13(2)10-17(19)6/h7-11,20-21H,1-6H3,(H,22,23). The fraction of sp³-hybridized carbons (Fsp3) is 0.381. The Hall–Kier alpha value is -2.09. The van der Waals surface area contributed by atoms with Crippen molar-refractivity contribution in [2.75, 3.05) is 0 Å². The molecular weight excluding hydrogens is 280 g/mol. The lowest BCUT2D eigenvalue weighted by atomic mass is 9.84. The topological polar surface area (TPSA) is 24.4 Å². The van der Waals surface area contributed by atoms with Crippen molar-refractivity contribution in [3.8, 4) is 0 Å². The van der Waals surface area contributed by atoms with Gasteiger partial charge in [-0.15, -0.1) is 0 Å². The molecule has 120 valence electrons. The van der Waals surface area contributed by atoms with Crippen LogP contribution in [0, 0.1) is 41.5 Å². The van der Waals surface area contributed by atoms with E-state index in [1.807, 2.05) is 6.34 Å². The van der Waals surface area contributed by atoms with Crippen LogP contribution in [-0.4, -0.2) is 6.34 Å². The minimum Gasteiger partial charge on any atom is -0.367 e. The van der Waals surface area contributed by atoms with Gasteiger partial charge in [0.15, 0.2) is 0 Å². The van der Waals surface area contributed by atoms with E-state index in [9.17, 15) is 0 Å². The molecule has 2 unspecified atom stereocenters. The molecule has 0 saturated heterocycles. The van der Waals surface area contributed by atoms with Gasteiger partial charge in [-0.05, 0) is 74.9 Å². The van der Waals surface area contributed by atoms with Crippen LogP contribution < -0.4 is 5.32 Å². The number of aliphatic imine (C=N–C) groups is 1. The van der Waals surface area contributed by atoms with Gasteiger partial charge in [0, 0.05) is 0 Å². The molecule has 2 nitrogen and oxygen atoms in total. The summed E-state index contributed by atoms with van der Waals surface area (Å²) in [4.78, 5) is 4.78. The quantitative estimate of drug-likeness (QED) is 0.834. The molecule has 3 rings (SSSR count). The summed E-state index contributed by atoms with van der Waals surface area (Å²) in [7, 11) is 0. The minimum atomic E-state index is 0.149. The van der Waals surface area contributed by atoms with Crippen molar-refractivity contribution >= 4 is 6.34 Å². The van der Waals surface area contributed by atoms with Gasteiger partial charge in [-0.3, -0.25) is 4.99 Å². The largest absolute Gasteiger partial charge is 0.367 e. The molecule has 2 aromatic carbocycles. The SMILES string of the molecule is Cc1cc(C)c(C2N=CNC2c2c(C)cc(C)cc2C)c(C)c1. The number of hydrogen-bond acceptors (Lipinski definition) is 2. The number of aryl methyl sites for hydroxylation is 6. The number of rotatable bonds is 2. The highest BCUT2D eigenvalue weighted by Crippen LogP contribution is 2.40. The van der Waals surface area contributed by atoms with Crippen molar-refractivity contribution in [3.63, 3.8) is 0 Å². The Bertz CT molecular complexity index is 740. The number of nitrogens with one attached hydrogen (secondary N) is 1. The second-order valence-electron chi connectivity index (χ2n) is 6.99. The van der Waals surface area contributed by atoms with Crippen molar-refractivity contribution in [2.24, 2.45) is 4.99 Å². The van der Waals surface area contributed by atoms with E-state index >= 15 is 0 Å². The first-order valence-corrected chi connectivity index (χ1v) is 8.31. The van der Waals surface area contributed by atoms with Crippen LogP contribution >= 0.6 is 0 Å². The molecule has 2 aromatic rings. The number of nitrogens with zero attached hydrogens (tertiary/aromatic N) is 1. The molecule has 1 aliphatic rings. The van der Waals surface area contributed by atoms with Crippen LogP contribution in [0.1, 0.15) is 56.6 Å². The Kier molecular flexibility index (Phi) is 4.01. The van der Waals surface area contributed by atoms with Crippen molar-refractivity contribution < 1.29 is 0 Å². The zero-order chi connectivity index (χ0) is 16.7. The second-order valence-corrected chi connectivity index (χ2v) is 6.99. The summed E-state index contributed by atoms with van der Waals surface area (Å²) in [5.41, 5.74) is 10.7. The maximum Gasteiger partial charge on any atom is 0.101 e. The van der Waals surface area contributed by atoms with Gasteiger partial charge in [-0.1, -0.05) is 35.4 Å². The first-order chi connectivity index (χ1) is 10.9. The maximum absolute atomic E-state index is 4.78. The summed E-state index contributed by atoms with van der Waals surface area (Å²) >= 11 is 0. The van der Waals surface area contributed by atoms with Crippen LogP contribution in [-0.2, 0) is 0 Å². The van der Waals surface area contributed by atoms with Crippen LogP contribution in [0.2, 0.25) is 0 Å². The summed E-state index contributed by atoms with van der Waals surface area (Å²) in [6, 6.07) is 9.44. The third kappa shape index (κ3) is 2.78. The minimum absolute atomic E-state index is 0.149. The van der Waals surface area contributed by atoms with Gasteiger partial charge in [0.1, 0.15) is 6.04 Å². The van der Waals surface area contributed by atoms with Crippen LogP contribution in [0.25, 0.3) is 0 Å². The van der Waals surface area contributed by atoms with E-state index < -0.39 is 0 Å². The van der Waals surface area contributed by atoms with Gasteiger partial charge in [0.05, 0.1) is 12.4 Å². The van der Waals surface area contributed by atoms with Crippen molar-refractivity contribution in [3.05, 3.63) is 68.8 Å². The molecular formula is C21H26N2. The zero-order valence-corrected chi connectivity index (χ0v) is 15.0. The van der Waals surface area contributed by atoms with Crippen molar-refractivity contribution in [1.29, 1.82) is 0 Å². The fourth-order valence-electron chi connectivity index (χ4n) is 4.20. The molecule has 0 aromatic heterocycles. The van der Waals surface area contributed by atoms with Crippen molar-refractivity contribution in [2.45, 2.75) is 53.6 Å². The summed E-state index contributed by atoms with van der Waals surface area (Å²) in [5, 5.41) is 3.50. The molecule has 0 fully saturated rings. The highest BCUT2D eigenvalue weighted by atomic mass is 15.1. The second kappa shape index (κ2) is 5.84. The first-order valence-electron chi connectivity index (χ1n) is 8.31. The molecule has 2 heteroatoms. The maximum atomic E-state index is 4.78. The Labute approximate surface area is 139 Å². The molecule has 0 amide bonds. The number of benzene rings is 2. The van der Waals surface area contributed by atoms with Gasteiger partial charge >= 0.3 is 0 Å². The lowest BCUT2D eigenvalue weighted by molar-refractivity contribution is 0.563. The van der Waals surface area contributed by atoms with Gasteiger partial charge < -0.3 is 5.32 Å². The van der Waals surface area contributed by atoms with E-state index in [-0.39, 0.29) is 12.1 Å². The molecule has 0 spiro atoms. The predicted octanol–water partition coefficient (Wildman–Crippen LogP) is 4.95. The fourth-order valence-corrected chi connectivity index (χ4v) is 4.20. The van der Waals surface area contributed by atoms with Gasteiger partial charge in [-0.2, -0.15) is 0 Å². The Morgan fingerprint density at radius 1 is 0.696 bits per heavy atom. The van der Waals surface area contributed by atoms with Crippen LogP contribution in [0.4, 0.5) is 0 Å². The molecule has 1 aliphatic heterocycles. The average Bonchev–Trinajstić information content (AvgIpc) is 2.85. The monoisotopic (exact) mass is 306 g/mol. The molecule has 0 bridgehead atoms. The van der Waals surface area contributed by atoms with E-state index in [4.69, 9.17) is 4.99 Å². The number of hydrogen-bond donors (Lipinski definition) is 1. The third-order valence-corrected chi connectivity index (χ3v) is 4.89. The Morgan fingerprint density at radius 3 is 1.61 bits per heavy atom. The Balaban J connectivity index is 2.10. The Morgan fingerprint density at radius 2 is 1.13 bits per heavy atom. The molecule has 1 N–H and O–H groups in total. The molecule has 0 saturated carbocycles. The van der Waals surface area contributed by atoms with Crippen molar-refractivity contribution in [1.82, 2.24) is 5.32 Å². The normalized spacial score (nSPS) is 19.9. The molecule has 0 radical (unpaired) electrons. The summed E-state index contributed by atoms with van der Waals surface area (Å²) < 4.78 is 0. The lowest BCUT2D eigenvalue weighted by Crippen LogP contribution is -2.21. The summed E-state index contributed by atoms with van der Waals surface area (Å²) in [6.45, 7) is 13.1. The molecule has 2 atom stereocenters. The third-order valence-electron chi connectivity index (χ3n) is 4.89. The molecule has 0 aliphatic carbocycles. The molecule has 23 heavy (non-hydrogen) atoms. The smallest absolute Gasteiger partial charge is 0.101 e. The lowest BCUT2D eigenvalue weighted by Gasteiger charge is -2.26. The van der Waals surface area contributed by atoms with Gasteiger partial charge in [0.2, 0.25) is 0 Å².